The summed E-state index contributed by atoms with van der Waals surface area (Å²) >= 11 is 6.03. The molecule has 0 saturated carbocycles. The normalized spacial score (nSPS) is 19.4. The van der Waals surface area contributed by atoms with E-state index in [-0.39, 0.29) is 5.02 Å². The zero-order valence-electron chi connectivity index (χ0n) is 12.0. The highest BCUT2D eigenvalue weighted by molar-refractivity contribution is 6.31. The summed E-state index contributed by atoms with van der Waals surface area (Å²) in [4.78, 5) is 30.1. The van der Waals surface area contributed by atoms with Gasteiger partial charge in [0.1, 0.15) is 11.6 Å². The molecule has 0 bridgehead atoms. The van der Waals surface area contributed by atoms with Crippen molar-refractivity contribution in [2.24, 2.45) is 0 Å². The van der Waals surface area contributed by atoms with Crippen LogP contribution >= 0.6 is 11.6 Å². The topological polar surface area (TPSA) is 72.0 Å². The van der Waals surface area contributed by atoms with Crippen LogP contribution in [0.2, 0.25) is 5.02 Å². The first kappa shape index (κ1) is 14.4. The first-order valence-corrected chi connectivity index (χ1v) is 7.89. The molecule has 2 aliphatic rings. The number of amidine groups is 1. The van der Waals surface area contributed by atoms with E-state index in [1.165, 1.54) is 25.1 Å². The van der Waals surface area contributed by atoms with Gasteiger partial charge in [0.15, 0.2) is 0 Å². The average Bonchev–Trinajstić information content (AvgIpc) is 2.70. The van der Waals surface area contributed by atoms with E-state index < -0.39 is 11.2 Å². The molecule has 6 nitrogen and oxygen atoms in total. The van der Waals surface area contributed by atoms with E-state index >= 15 is 0 Å². The number of nitrogens with zero attached hydrogens (tertiary/aromatic N) is 2. The lowest BCUT2D eigenvalue weighted by Crippen LogP contribution is -2.44. The monoisotopic (exact) mass is 311 g/mol. The molecule has 3 heterocycles. The minimum atomic E-state index is -0.518. The van der Waals surface area contributed by atoms with Gasteiger partial charge in [-0.05, 0) is 19.3 Å². The van der Waals surface area contributed by atoms with Crippen LogP contribution in [0.1, 0.15) is 37.8 Å². The van der Waals surface area contributed by atoms with Crippen LogP contribution in [0.4, 0.5) is 0 Å². The van der Waals surface area contributed by atoms with Crippen LogP contribution in [-0.2, 0) is 6.54 Å². The molecule has 0 amide bonds. The fourth-order valence-corrected chi connectivity index (χ4v) is 3.37. The number of halogens is 1. The minimum Gasteiger partial charge on any atom is -0.306 e. The molecule has 0 aliphatic carbocycles. The summed E-state index contributed by atoms with van der Waals surface area (Å²) in [5.41, 5.74) is -0.515. The Balaban J connectivity index is 1.90. The standard InChI is InChI=1S/C14H19ClN4O2/c15-12-10(16-14(21)17-13(12)20)9-19-8-4-7-18-6-3-1-2-5-11(18)19/h1-9H2,(H-,16,17,20,21)/p+1. The van der Waals surface area contributed by atoms with Gasteiger partial charge >= 0.3 is 5.69 Å². The Morgan fingerprint density at radius 1 is 1.10 bits per heavy atom. The van der Waals surface area contributed by atoms with Crippen molar-refractivity contribution in [2.75, 3.05) is 19.6 Å². The van der Waals surface area contributed by atoms with E-state index in [0.29, 0.717) is 12.2 Å². The van der Waals surface area contributed by atoms with Crippen molar-refractivity contribution >= 4 is 17.4 Å². The molecular formula is C14H20ClN4O2+. The number of nitrogens with one attached hydrogen (secondary N) is 2. The smallest absolute Gasteiger partial charge is 0.306 e. The van der Waals surface area contributed by atoms with Crippen LogP contribution in [0.5, 0.6) is 0 Å². The molecule has 0 unspecified atom stereocenters. The lowest BCUT2D eigenvalue weighted by atomic mass is 10.2. The summed E-state index contributed by atoms with van der Waals surface area (Å²) in [6.45, 7) is 3.64. The van der Waals surface area contributed by atoms with Crippen molar-refractivity contribution < 1.29 is 4.58 Å². The van der Waals surface area contributed by atoms with Crippen LogP contribution in [0.3, 0.4) is 0 Å². The lowest BCUT2D eigenvalue weighted by Gasteiger charge is -2.26. The molecule has 3 rings (SSSR count). The second-order valence-corrected chi connectivity index (χ2v) is 6.07. The van der Waals surface area contributed by atoms with Gasteiger partial charge in [-0.25, -0.2) is 4.79 Å². The predicted octanol–water partition coefficient (Wildman–Crippen LogP) is 0.907. The van der Waals surface area contributed by atoms with Crippen LogP contribution in [-0.4, -0.2) is 44.9 Å². The molecule has 0 aromatic carbocycles. The SMILES string of the molecule is O=c1[nH]c(CN2CCC[N+]3=C2CCCCC3)c(Cl)c(=O)[nH]1. The molecule has 2 aliphatic heterocycles. The van der Waals surface area contributed by atoms with Crippen molar-refractivity contribution in [2.45, 2.75) is 38.6 Å². The summed E-state index contributed by atoms with van der Waals surface area (Å²) < 4.78 is 2.44. The first-order chi connectivity index (χ1) is 10.1. The number of H-pyrrole nitrogens is 2. The van der Waals surface area contributed by atoms with E-state index in [9.17, 15) is 9.59 Å². The Hall–Kier alpha value is -1.56. The maximum Gasteiger partial charge on any atom is 0.326 e. The van der Waals surface area contributed by atoms with Gasteiger partial charge in [-0.2, -0.15) is 0 Å². The van der Waals surface area contributed by atoms with E-state index in [4.69, 9.17) is 11.6 Å². The summed E-state index contributed by atoms with van der Waals surface area (Å²) in [7, 11) is 0. The van der Waals surface area contributed by atoms with Crippen molar-refractivity contribution in [3.8, 4) is 0 Å². The van der Waals surface area contributed by atoms with Crippen LogP contribution in [0, 0.1) is 0 Å². The maximum atomic E-state index is 11.6. The number of aromatic nitrogens is 2. The molecule has 0 fully saturated rings. The van der Waals surface area contributed by atoms with Crippen molar-refractivity contribution in [1.29, 1.82) is 0 Å². The quantitative estimate of drug-likeness (QED) is 0.797. The van der Waals surface area contributed by atoms with Gasteiger partial charge in [0.05, 0.1) is 25.3 Å². The van der Waals surface area contributed by atoms with Crippen LogP contribution in [0.25, 0.3) is 0 Å². The molecule has 2 N–H and O–H groups in total. The molecule has 21 heavy (non-hydrogen) atoms. The molecule has 0 spiro atoms. The van der Waals surface area contributed by atoms with E-state index in [2.05, 4.69) is 19.4 Å². The number of hydrogen-bond donors (Lipinski definition) is 2. The third-order valence-corrected chi connectivity index (χ3v) is 4.62. The maximum absolute atomic E-state index is 11.6. The number of aromatic amines is 2. The van der Waals surface area contributed by atoms with Gasteiger partial charge in [0.25, 0.3) is 5.56 Å². The van der Waals surface area contributed by atoms with Crippen molar-refractivity contribution in [3.05, 3.63) is 31.6 Å². The van der Waals surface area contributed by atoms with Crippen molar-refractivity contribution in [3.63, 3.8) is 0 Å². The highest BCUT2D eigenvalue weighted by Gasteiger charge is 2.29. The Labute approximate surface area is 127 Å². The predicted molar refractivity (Wildman–Crippen MR) is 81.2 cm³/mol. The summed E-state index contributed by atoms with van der Waals surface area (Å²) in [5.74, 6) is 1.33. The lowest BCUT2D eigenvalue weighted by molar-refractivity contribution is -0.539. The molecule has 0 saturated heterocycles. The second kappa shape index (κ2) is 6.05. The third kappa shape index (κ3) is 3.05. The fourth-order valence-electron chi connectivity index (χ4n) is 3.22. The fraction of sp³-hybridized carbons (Fsp3) is 0.643. The zero-order valence-corrected chi connectivity index (χ0v) is 12.7. The summed E-state index contributed by atoms with van der Waals surface area (Å²) in [6.07, 6.45) is 5.85. The zero-order chi connectivity index (χ0) is 14.8. The van der Waals surface area contributed by atoms with E-state index in [0.717, 1.165) is 32.5 Å². The molecule has 0 atom stereocenters. The summed E-state index contributed by atoms with van der Waals surface area (Å²) in [6, 6.07) is 0. The van der Waals surface area contributed by atoms with Gasteiger partial charge in [0.2, 0.25) is 5.84 Å². The Morgan fingerprint density at radius 3 is 2.76 bits per heavy atom. The highest BCUT2D eigenvalue weighted by Crippen LogP contribution is 2.18. The van der Waals surface area contributed by atoms with Crippen LogP contribution < -0.4 is 11.2 Å². The minimum absolute atomic E-state index is 0.0842. The Morgan fingerprint density at radius 2 is 1.90 bits per heavy atom. The highest BCUT2D eigenvalue weighted by atomic mass is 35.5. The average molecular weight is 312 g/mol. The number of hydrogen-bond acceptors (Lipinski definition) is 3. The third-order valence-electron chi connectivity index (χ3n) is 4.22. The van der Waals surface area contributed by atoms with E-state index in [1.54, 1.807) is 0 Å². The van der Waals surface area contributed by atoms with Crippen molar-refractivity contribution in [1.82, 2.24) is 14.9 Å². The molecule has 114 valence electrons. The molecule has 1 aromatic heterocycles. The van der Waals surface area contributed by atoms with Gasteiger partial charge < -0.3 is 4.98 Å². The van der Waals surface area contributed by atoms with Gasteiger partial charge in [-0.1, -0.05) is 11.6 Å². The van der Waals surface area contributed by atoms with E-state index in [1.807, 2.05) is 0 Å². The Bertz CT molecular complexity index is 676. The first-order valence-electron chi connectivity index (χ1n) is 7.52. The summed E-state index contributed by atoms with van der Waals surface area (Å²) in [5, 5.41) is 0.0842. The molecule has 0 radical (unpaired) electrons. The van der Waals surface area contributed by atoms with Gasteiger partial charge in [-0.3, -0.25) is 19.3 Å². The second-order valence-electron chi connectivity index (χ2n) is 5.69. The largest absolute Gasteiger partial charge is 0.326 e. The number of rotatable bonds is 2. The molecular weight excluding hydrogens is 292 g/mol. The van der Waals surface area contributed by atoms with Crippen LogP contribution in [0.15, 0.2) is 9.59 Å². The van der Waals surface area contributed by atoms with Gasteiger partial charge in [0, 0.05) is 12.8 Å². The molecule has 7 heteroatoms. The van der Waals surface area contributed by atoms with Gasteiger partial charge in [-0.15, -0.1) is 0 Å². The Kier molecular flexibility index (Phi) is 4.14. The molecule has 1 aromatic rings.